The molecular weight excluding hydrogens is 273 g/mol. The van der Waals surface area contributed by atoms with Gasteiger partial charge in [-0.25, -0.2) is 0 Å². The van der Waals surface area contributed by atoms with E-state index in [1.54, 1.807) is 6.92 Å². The number of carboxylic acids is 1. The SMILES string of the molecule is CCC(=O)Cc1c(O)cccc1C(=O)NCC(=O)O.[NaH]. The zero-order valence-corrected chi connectivity index (χ0v) is 10.5. The van der Waals surface area contributed by atoms with Gasteiger partial charge in [0, 0.05) is 24.0 Å². The number of phenols is 1. The Balaban J connectivity index is 0.00000361. The van der Waals surface area contributed by atoms with Crippen molar-refractivity contribution in [3.63, 3.8) is 0 Å². The van der Waals surface area contributed by atoms with Crippen LogP contribution in [0.15, 0.2) is 18.2 Å². The monoisotopic (exact) mass is 289 g/mol. The van der Waals surface area contributed by atoms with Crippen LogP contribution in [0.2, 0.25) is 0 Å². The van der Waals surface area contributed by atoms with E-state index in [9.17, 15) is 19.5 Å². The number of amides is 1. The van der Waals surface area contributed by atoms with Crippen molar-refractivity contribution >= 4 is 47.2 Å². The normalized spacial score (nSPS) is 9.45. The molecule has 1 rings (SSSR count). The van der Waals surface area contributed by atoms with E-state index < -0.39 is 18.4 Å². The molecule has 1 aromatic carbocycles. The van der Waals surface area contributed by atoms with Crippen molar-refractivity contribution in [2.24, 2.45) is 0 Å². The first-order valence-corrected chi connectivity index (χ1v) is 5.78. The maximum atomic E-state index is 11.8. The second-order valence-corrected chi connectivity index (χ2v) is 3.95. The van der Waals surface area contributed by atoms with Crippen molar-refractivity contribution in [2.45, 2.75) is 19.8 Å². The molecule has 1 amide bonds. The van der Waals surface area contributed by atoms with Crippen LogP contribution in [0.5, 0.6) is 5.75 Å². The number of carboxylic acid groups (broad SMARTS) is 1. The summed E-state index contributed by atoms with van der Waals surface area (Å²) >= 11 is 0. The number of nitrogens with one attached hydrogen (secondary N) is 1. The number of phenolic OH excluding ortho intramolecular Hbond substituents is 1. The molecule has 7 heteroatoms. The number of carbonyl (C=O) groups is 3. The van der Waals surface area contributed by atoms with Gasteiger partial charge in [0.05, 0.1) is 0 Å². The van der Waals surface area contributed by atoms with Crippen molar-refractivity contribution in [3.05, 3.63) is 29.3 Å². The van der Waals surface area contributed by atoms with Crippen molar-refractivity contribution in [2.75, 3.05) is 6.54 Å². The summed E-state index contributed by atoms with van der Waals surface area (Å²) in [5.41, 5.74) is 0.334. The third-order valence-corrected chi connectivity index (χ3v) is 2.56. The predicted octanol–water partition coefficient (Wildman–Crippen LogP) is 0.0797. The molecule has 0 bridgehead atoms. The Hall–Kier alpha value is -1.37. The van der Waals surface area contributed by atoms with Crippen LogP contribution < -0.4 is 5.32 Å². The van der Waals surface area contributed by atoms with Crippen LogP contribution in [0.1, 0.15) is 29.3 Å². The van der Waals surface area contributed by atoms with E-state index in [1.807, 2.05) is 0 Å². The number of carbonyl (C=O) groups excluding carboxylic acids is 2. The molecule has 0 radical (unpaired) electrons. The van der Waals surface area contributed by atoms with Gasteiger partial charge in [0.2, 0.25) is 0 Å². The molecule has 20 heavy (non-hydrogen) atoms. The average molecular weight is 289 g/mol. The topological polar surface area (TPSA) is 104 Å². The van der Waals surface area contributed by atoms with Crippen molar-refractivity contribution in [3.8, 4) is 5.75 Å². The van der Waals surface area contributed by atoms with E-state index in [0.717, 1.165) is 0 Å². The van der Waals surface area contributed by atoms with Gasteiger partial charge in [0.15, 0.2) is 0 Å². The Morgan fingerprint density at radius 1 is 1.25 bits per heavy atom. The summed E-state index contributed by atoms with van der Waals surface area (Å²) in [7, 11) is 0. The first-order valence-electron chi connectivity index (χ1n) is 5.78. The van der Waals surface area contributed by atoms with Gasteiger partial charge >= 0.3 is 35.5 Å². The molecule has 1 aromatic rings. The number of rotatable bonds is 6. The number of hydrogen-bond donors (Lipinski definition) is 3. The second-order valence-electron chi connectivity index (χ2n) is 3.95. The van der Waals surface area contributed by atoms with Crippen LogP contribution in [-0.4, -0.2) is 64.0 Å². The van der Waals surface area contributed by atoms with Crippen LogP contribution in [0.4, 0.5) is 0 Å². The molecule has 0 aliphatic rings. The Kier molecular flexibility index (Phi) is 8.13. The number of Topliss-reactive ketones (excluding diaryl/α,β-unsaturated/α-hetero) is 1. The fourth-order valence-electron chi connectivity index (χ4n) is 1.55. The van der Waals surface area contributed by atoms with E-state index >= 15 is 0 Å². The molecule has 6 nitrogen and oxygen atoms in total. The van der Waals surface area contributed by atoms with Crippen molar-refractivity contribution in [1.82, 2.24) is 5.32 Å². The van der Waals surface area contributed by atoms with Gasteiger partial charge in [-0.1, -0.05) is 13.0 Å². The fourth-order valence-corrected chi connectivity index (χ4v) is 1.55. The predicted molar refractivity (Wildman–Crippen MR) is 74.2 cm³/mol. The molecular formula is C13H16NNaO5. The first-order chi connectivity index (χ1) is 8.95. The van der Waals surface area contributed by atoms with Crippen LogP contribution in [-0.2, 0) is 16.0 Å². The van der Waals surface area contributed by atoms with Crippen molar-refractivity contribution < 1.29 is 24.6 Å². The zero-order valence-electron chi connectivity index (χ0n) is 10.5. The number of hydrogen-bond acceptors (Lipinski definition) is 4. The zero-order chi connectivity index (χ0) is 14.4. The van der Waals surface area contributed by atoms with Gasteiger partial charge in [-0.05, 0) is 12.1 Å². The Bertz CT molecular complexity index is 515. The molecule has 0 aliphatic carbocycles. The van der Waals surface area contributed by atoms with E-state index in [4.69, 9.17) is 5.11 Å². The van der Waals surface area contributed by atoms with Crippen LogP contribution in [0, 0.1) is 0 Å². The standard InChI is InChI=1S/C13H15NO5.Na.H/c1-2-8(15)6-10-9(4-3-5-11(10)16)13(19)14-7-12(17)18;;/h3-5,16H,2,6-7H2,1H3,(H,14,19)(H,17,18);;. The van der Waals surface area contributed by atoms with Gasteiger partial charge in [-0.3, -0.25) is 14.4 Å². The van der Waals surface area contributed by atoms with Gasteiger partial charge in [0.25, 0.3) is 5.91 Å². The summed E-state index contributed by atoms with van der Waals surface area (Å²) in [6.07, 6.45) is 0.240. The average Bonchev–Trinajstić information content (AvgIpc) is 2.38. The van der Waals surface area contributed by atoms with Gasteiger partial charge in [-0.2, -0.15) is 0 Å². The number of ketones is 1. The minimum absolute atomic E-state index is 0. The van der Waals surface area contributed by atoms with Crippen LogP contribution in [0.25, 0.3) is 0 Å². The van der Waals surface area contributed by atoms with Crippen molar-refractivity contribution in [1.29, 1.82) is 0 Å². The second kappa shape index (κ2) is 8.73. The molecule has 104 valence electrons. The molecule has 0 spiro atoms. The molecule has 0 heterocycles. The number of aromatic hydroxyl groups is 1. The molecule has 0 saturated heterocycles. The van der Waals surface area contributed by atoms with Gasteiger partial charge < -0.3 is 15.5 Å². The molecule has 0 fully saturated rings. The summed E-state index contributed by atoms with van der Waals surface area (Å²) in [5.74, 6) is -2.06. The van der Waals surface area contributed by atoms with Gasteiger partial charge in [-0.15, -0.1) is 0 Å². The van der Waals surface area contributed by atoms with E-state index in [2.05, 4.69) is 5.32 Å². The third kappa shape index (κ3) is 5.32. The summed E-state index contributed by atoms with van der Waals surface area (Å²) in [4.78, 5) is 33.6. The third-order valence-electron chi connectivity index (χ3n) is 2.56. The quantitative estimate of drug-likeness (QED) is 0.643. The molecule has 3 N–H and O–H groups in total. The maximum absolute atomic E-state index is 11.8. The number of aliphatic carboxylic acids is 1. The molecule has 0 aliphatic heterocycles. The van der Waals surface area contributed by atoms with Crippen LogP contribution in [0.3, 0.4) is 0 Å². The fraction of sp³-hybridized carbons (Fsp3) is 0.308. The Morgan fingerprint density at radius 2 is 1.90 bits per heavy atom. The van der Waals surface area contributed by atoms with E-state index in [-0.39, 0.29) is 58.6 Å². The van der Waals surface area contributed by atoms with E-state index in [1.165, 1.54) is 18.2 Å². The number of benzene rings is 1. The van der Waals surface area contributed by atoms with Gasteiger partial charge in [0.1, 0.15) is 18.1 Å². The summed E-state index contributed by atoms with van der Waals surface area (Å²) in [6, 6.07) is 4.28. The summed E-state index contributed by atoms with van der Waals surface area (Å²) in [6.45, 7) is 1.17. The van der Waals surface area contributed by atoms with E-state index in [0.29, 0.717) is 6.42 Å². The minimum atomic E-state index is -1.17. The molecule has 0 atom stereocenters. The molecule has 0 aromatic heterocycles. The molecule has 0 saturated carbocycles. The Labute approximate surface area is 138 Å². The summed E-state index contributed by atoms with van der Waals surface area (Å²) in [5, 5.41) is 20.4. The van der Waals surface area contributed by atoms with Crippen LogP contribution >= 0.6 is 0 Å². The first kappa shape index (κ1) is 18.6. The summed E-state index contributed by atoms with van der Waals surface area (Å²) < 4.78 is 0. The molecule has 0 unspecified atom stereocenters. The Morgan fingerprint density at radius 3 is 2.45 bits per heavy atom.